The fourth-order valence-electron chi connectivity index (χ4n) is 3.26. The monoisotopic (exact) mass is 390 g/mol. The van der Waals surface area contributed by atoms with Crippen molar-refractivity contribution in [1.29, 1.82) is 0 Å². The number of fused-ring (bicyclic) bond motifs is 2. The summed E-state index contributed by atoms with van der Waals surface area (Å²) < 4.78 is 0. The Balaban J connectivity index is 1.70. The van der Waals surface area contributed by atoms with E-state index in [9.17, 15) is 14.4 Å². The predicted molar refractivity (Wildman–Crippen MR) is 108 cm³/mol. The van der Waals surface area contributed by atoms with E-state index in [0.29, 0.717) is 22.6 Å². The SMILES string of the molecule is Nc1c(NC(=O)c2ccc(CCl)cc2)ccc2c1C(=O)c1ccccc1C2=O. The highest BCUT2D eigenvalue weighted by molar-refractivity contribution is 6.31. The topological polar surface area (TPSA) is 89.3 Å². The van der Waals surface area contributed by atoms with Crippen LogP contribution in [0.4, 0.5) is 11.4 Å². The Kier molecular flexibility index (Phi) is 4.45. The van der Waals surface area contributed by atoms with Crippen molar-refractivity contribution < 1.29 is 14.4 Å². The van der Waals surface area contributed by atoms with Gasteiger partial charge in [0.05, 0.1) is 16.9 Å². The molecule has 4 rings (SSSR count). The van der Waals surface area contributed by atoms with Crippen LogP contribution in [0.2, 0.25) is 0 Å². The summed E-state index contributed by atoms with van der Waals surface area (Å²) in [5.41, 5.74) is 8.90. The van der Waals surface area contributed by atoms with Crippen LogP contribution in [0.15, 0.2) is 60.7 Å². The quantitative estimate of drug-likeness (QED) is 0.408. The van der Waals surface area contributed by atoms with Gasteiger partial charge >= 0.3 is 0 Å². The van der Waals surface area contributed by atoms with E-state index in [1.54, 1.807) is 48.5 Å². The van der Waals surface area contributed by atoms with E-state index in [0.717, 1.165) is 5.56 Å². The van der Waals surface area contributed by atoms with Crippen molar-refractivity contribution >= 4 is 40.4 Å². The number of nitrogen functional groups attached to an aromatic ring is 1. The van der Waals surface area contributed by atoms with Gasteiger partial charge in [0.25, 0.3) is 5.91 Å². The Labute approximate surface area is 166 Å². The molecule has 0 saturated heterocycles. The molecule has 0 aromatic heterocycles. The molecule has 138 valence electrons. The summed E-state index contributed by atoms with van der Waals surface area (Å²) in [5.74, 6) is -0.600. The molecule has 5 nitrogen and oxygen atoms in total. The molecule has 3 aromatic rings. The Morgan fingerprint density at radius 2 is 1.50 bits per heavy atom. The van der Waals surface area contributed by atoms with Gasteiger partial charge in [-0.1, -0.05) is 36.4 Å². The largest absolute Gasteiger partial charge is 0.396 e. The van der Waals surface area contributed by atoms with Crippen LogP contribution in [0.1, 0.15) is 47.8 Å². The zero-order valence-electron chi connectivity index (χ0n) is 14.7. The lowest BCUT2D eigenvalue weighted by molar-refractivity contribution is 0.0979. The molecule has 1 aliphatic carbocycles. The van der Waals surface area contributed by atoms with Crippen LogP contribution >= 0.6 is 11.6 Å². The van der Waals surface area contributed by atoms with E-state index in [1.165, 1.54) is 12.1 Å². The molecule has 0 unspecified atom stereocenters. The first-order valence-corrected chi connectivity index (χ1v) is 9.12. The highest BCUT2D eigenvalue weighted by atomic mass is 35.5. The molecular weight excluding hydrogens is 376 g/mol. The molecular formula is C22H15ClN2O3. The molecule has 0 bridgehead atoms. The molecule has 0 spiro atoms. The predicted octanol–water partition coefficient (Wildman–Crippen LogP) is 4.04. The number of hydrogen-bond donors (Lipinski definition) is 2. The summed E-state index contributed by atoms with van der Waals surface area (Å²) in [5, 5.41) is 2.71. The van der Waals surface area contributed by atoms with E-state index >= 15 is 0 Å². The maximum absolute atomic E-state index is 12.9. The van der Waals surface area contributed by atoms with E-state index in [2.05, 4.69) is 5.32 Å². The second-order valence-corrected chi connectivity index (χ2v) is 6.71. The first kappa shape index (κ1) is 17.9. The maximum atomic E-state index is 12.9. The molecule has 0 aliphatic heterocycles. The number of amides is 1. The van der Waals surface area contributed by atoms with Gasteiger partial charge in [-0.15, -0.1) is 11.6 Å². The summed E-state index contributed by atoms with van der Waals surface area (Å²) in [6, 6.07) is 16.5. The molecule has 1 amide bonds. The van der Waals surface area contributed by atoms with Crippen molar-refractivity contribution in [3.05, 3.63) is 94.0 Å². The third-order valence-corrected chi connectivity index (χ3v) is 5.06. The number of carbonyl (C=O) groups is 3. The number of hydrogen-bond acceptors (Lipinski definition) is 4. The van der Waals surface area contributed by atoms with Gasteiger partial charge in [0.15, 0.2) is 11.6 Å². The Bertz CT molecular complexity index is 1140. The van der Waals surface area contributed by atoms with Crippen molar-refractivity contribution in [2.75, 3.05) is 11.1 Å². The minimum Gasteiger partial charge on any atom is -0.396 e. The molecule has 0 fully saturated rings. The van der Waals surface area contributed by atoms with Crippen LogP contribution in [-0.4, -0.2) is 17.5 Å². The minimum atomic E-state index is -0.372. The smallest absolute Gasteiger partial charge is 0.255 e. The van der Waals surface area contributed by atoms with Gasteiger partial charge in [-0.05, 0) is 29.8 Å². The van der Waals surface area contributed by atoms with E-state index < -0.39 is 0 Å². The fourth-order valence-corrected chi connectivity index (χ4v) is 3.44. The molecule has 0 heterocycles. The van der Waals surface area contributed by atoms with Crippen LogP contribution in [0, 0.1) is 0 Å². The number of halogens is 1. The molecule has 1 aliphatic rings. The van der Waals surface area contributed by atoms with Crippen LogP contribution in [0.25, 0.3) is 0 Å². The van der Waals surface area contributed by atoms with Gasteiger partial charge in [-0.3, -0.25) is 14.4 Å². The number of nitrogens with two attached hydrogens (primary N) is 1. The molecule has 3 N–H and O–H groups in total. The third-order valence-electron chi connectivity index (χ3n) is 4.75. The van der Waals surface area contributed by atoms with E-state index in [1.807, 2.05) is 0 Å². The summed E-state index contributed by atoms with van der Waals surface area (Å²) in [4.78, 5) is 38.1. The molecule has 0 saturated carbocycles. The van der Waals surface area contributed by atoms with Gasteiger partial charge in [0.1, 0.15) is 0 Å². The molecule has 3 aromatic carbocycles. The van der Waals surface area contributed by atoms with Gasteiger partial charge in [0.2, 0.25) is 0 Å². The van der Waals surface area contributed by atoms with Crippen LogP contribution in [0.3, 0.4) is 0 Å². The average Bonchev–Trinajstić information content (AvgIpc) is 2.73. The first-order chi connectivity index (χ1) is 13.5. The number of rotatable bonds is 3. The Morgan fingerprint density at radius 3 is 2.14 bits per heavy atom. The molecule has 0 radical (unpaired) electrons. The maximum Gasteiger partial charge on any atom is 0.255 e. The lowest BCUT2D eigenvalue weighted by Crippen LogP contribution is -2.23. The molecule has 0 atom stereocenters. The minimum absolute atomic E-state index is 0.0797. The van der Waals surface area contributed by atoms with Crippen molar-refractivity contribution in [2.45, 2.75) is 5.88 Å². The number of carbonyl (C=O) groups excluding carboxylic acids is 3. The van der Waals surface area contributed by atoms with Crippen molar-refractivity contribution in [3.63, 3.8) is 0 Å². The van der Waals surface area contributed by atoms with Gasteiger partial charge < -0.3 is 11.1 Å². The van der Waals surface area contributed by atoms with Crippen LogP contribution < -0.4 is 11.1 Å². The highest BCUT2D eigenvalue weighted by Crippen LogP contribution is 2.34. The standard InChI is InChI=1S/C22H15ClN2O3/c23-11-12-5-7-13(8-6-12)22(28)25-17-10-9-16-18(19(17)24)21(27)15-4-2-1-3-14(15)20(16)26/h1-10H,11,24H2,(H,25,28). The average molecular weight is 391 g/mol. The number of anilines is 2. The van der Waals surface area contributed by atoms with Crippen LogP contribution in [0.5, 0.6) is 0 Å². The zero-order chi connectivity index (χ0) is 19.8. The third kappa shape index (κ3) is 2.86. The van der Waals surface area contributed by atoms with E-state index in [-0.39, 0.29) is 40.0 Å². The Morgan fingerprint density at radius 1 is 0.857 bits per heavy atom. The molecule has 6 heteroatoms. The summed E-state index contributed by atoms with van der Waals surface area (Å²) in [7, 11) is 0. The zero-order valence-corrected chi connectivity index (χ0v) is 15.4. The van der Waals surface area contributed by atoms with Crippen molar-refractivity contribution in [2.24, 2.45) is 0 Å². The van der Waals surface area contributed by atoms with Gasteiger partial charge in [-0.2, -0.15) is 0 Å². The highest BCUT2D eigenvalue weighted by Gasteiger charge is 2.32. The first-order valence-electron chi connectivity index (χ1n) is 8.58. The number of nitrogens with one attached hydrogen (secondary N) is 1. The number of benzene rings is 3. The van der Waals surface area contributed by atoms with E-state index in [4.69, 9.17) is 17.3 Å². The van der Waals surface area contributed by atoms with Gasteiger partial charge in [0, 0.05) is 28.1 Å². The summed E-state index contributed by atoms with van der Waals surface area (Å²) >= 11 is 5.76. The summed E-state index contributed by atoms with van der Waals surface area (Å²) in [6.45, 7) is 0. The normalized spacial score (nSPS) is 12.3. The number of alkyl halides is 1. The van der Waals surface area contributed by atoms with Crippen molar-refractivity contribution in [3.8, 4) is 0 Å². The Hall–Kier alpha value is -3.44. The second-order valence-electron chi connectivity index (χ2n) is 6.44. The lowest BCUT2D eigenvalue weighted by Gasteiger charge is -2.20. The summed E-state index contributed by atoms with van der Waals surface area (Å²) in [6.07, 6.45) is 0. The second kappa shape index (κ2) is 6.94. The van der Waals surface area contributed by atoms with Crippen molar-refractivity contribution in [1.82, 2.24) is 0 Å². The van der Waals surface area contributed by atoms with Crippen LogP contribution in [-0.2, 0) is 5.88 Å². The fraction of sp³-hybridized carbons (Fsp3) is 0.0455. The number of ketones is 2. The molecule has 28 heavy (non-hydrogen) atoms. The lowest BCUT2D eigenvalue weighted by atomic mass is 9.83. The van der Waals surface area contributed by atoms with Gasteiger partial charge in [-0.25, -0.2) is 0 Å².